The van der Waals surface area contributed by atoms with Gasteiger partial charge in [-0.15, -0.1) is 0 Å². The number of hydrogen-bond donors (Lipinski definition) is 1. The standard InChI is InChI=1S/C14H21BrFNO/c1-14(2,7-9-18)17(3)8-6-11-10-12(15)4-5-13(11)16/h4-5,10,18H,6-9H2,1-3H3. The van der Waals surface area contributed by atoms with E-state index in [2.05, 4.69) is 34.7 Å². The number of aliphatic hydroxyl groups is 1. The van der Waals surface area contributed by atoms with Gasteiger partial charge in [0.15, 0.2) is 0 Å². The van der Waals surface area contributed by atoms with E-state index in [1.165, 1.54) is 6.07 Å². The Balaban J connectivity index is 2.62. The maximum absolute atomic E-state index is 13.6. The molecule has 1 aromatic carbocycles. The molecule has 0 aliphatic rings. The van der Waals surface area contributed by atoms with E-state index in [1.807, 2.05) is 13.1 Å². The van der Waals surface area contributed by atoms with Crippen LogP contribution in [-0.4, -0.2) is 35.7 Å². The lowest BCUT2D eigenvalue weighted by Gasteiger charge is -2.35. The van der Waals surface area contributed by atoms with Crippen molar-refractivity contribution in [2.45, 2.75) is 32.2 Å². The van der Waals surface area contributed by atoms with Crippen molar-refractivity contribution < 1.29 is 9.50 Å². The largest absolute Gasteiger partial charge is 0.396 e. The molecule has 0 unspecified atom stereocenters. The van der Waals surface area contributed by atoms with E-state index in [1.54, 1.807) is 6.07 Å². The summed E-state index contributed by atoms with van der Waals surface area (Å²) in [5.74, 6) is -0.161. The van der Waals surface area contributed by atoms with E-state index in [-0.39, 0.29) is 18.0 Å². The summed E-state index contributed by atoms with van der Waals surface area (Å²) in [5.41, 5.74) is 0.646. The molecule has 2 nitrogen and oxygen atoms in total. The van der Waals surface area contributed by atoms with Gasteiger partial charge in [0.25, 0.3) is 0 Å². The van der Waals surface area contributed by atoms with Crippen LogP contribution in [-0.2, 0) is 6.42 Å². The van der Waals surface area contributed by atoms with Crippen LogP contribution < -0.4 is 0 Å². The number of benzene rings is 1. The van der Waals surface area contributed by atoms with Crippen molar-refractivity contribution in [2.24, 2.45) is 0 Å². The highest BCUT2D eigenvalue weighted by atomic mass is 79.9. The highest BCUT2D eigenvalue weighted by Crippen LogP contribution is 2.19. The molecule has 0 radical (unpaired) electrons. The summed E-state index contributed by atoms with van der Waals surface area (Å²) < 4.78 is 14.5. The van der Waals surface area contributed by atoms with Crippen molar-refractivity contribution in [3.8, 4) is 0 Å². The maximum atomic E-state index is 13.6. The number of halogens is 2. The van der Waals surface area contributed by atoms with Gasteiger partial charge in [0.2, 0.25) is 0 Å². The van der Waals surface area contributed by atoms with Crippen LogP contribution in [0.4, 0.5) is 4.39 Å². The Morgan fingerprint density at radius 3 is 2.67 bits per heavy atom. The molecular formula is C14H21BrFNO. The van der Waals surface area contributed by atoms with Crippen molar-refractivity contribution in [3.05, 3.63) is 34.1 Å². The Hall–Kier alpha value is -0.450. The predicted octanol–water partition coefficient (Wildman–Crippen LogP) is 3.22. The van der Waals surface area contributed by atoms with Crippen LogP contribution in [0.25, 0.3) is 0 Å². The zero-order valence-electron chi connectivity index (χ0n) is 11.2. The number of rotatable bonds is 6. The molecular weight excluding hydrogens is 297 g/mol. The number of hydrogen-bond acceptors (Lipinski definition) is 2. The van der Waals surface area contributed by atoms with Gasteiger partial charge in [-0.05, 0) is 57.5 Å². The zero-order valence-corrected chi connectivity index (χ0v) is 12.8. The van der Waals surface area contributed by atoms with Gasteiger partial charge in [0, 0.05) is 23.2 Å². The fourth-order valence-corrected chi connectivity index (χ4v) is 2.20. The first-order chi connectivity index (χ1) is 8.36. The SMILES string of the molecule is CN(CCc1cc(Br)ccc1F)C(C)(C)CCO. The third-order valence-corrected chi connectivity index (χ3v) is 3.97. The maximum Gasteiger partial charge on any atom is 0.126 e. The van der Waals surface area contributed by atoms with Gasteiger partial charge in [-0.1, -0.05) is 15.9 Å². The molecule has 0 fully saturated rings. The van der Waals surface area contributed by atoms with Gasteiger partial charge >= 0.3 is 0 Å². The van der Waals surface area contributed by atoms with Crippen LogP contribution in [0, 0.1) is 5.82 Å². The van der Waals surface area contributed by atoms with Crippen molar-refractivity contribution in [1.82, 2.24) is 4.90 Å². The van der Waals surface area contributed by atoms with Crippen LogP contribution in [0.5, 0.6) is 0 Å². The molecule has 0 heterocycles. The fraction of sp³-hybridized carbons (Fsp3) is 0.571. The summed E-state index contributed by atoms with van der Waals surface area (Å²) in [6.07, 6.45) is 1.38. The fourth-order valence-electron chi connectivity index (χ4n) is 1.79. The Labute approximate surface area is 117 Å². The van der Waals surface area contributed by atoms with Crippen LogP contribution in [0.2, 0.25) is 0 Å². The normalized spacial score (nSPS) is 12.2. The molecule has 0 saturated carbocycles. The molecule has 0 amide bonds. The highest BCUT2D eigenvalue weighted by Gasteiger charge is 2.22. The molecule has 0 aliphatic heterocycles. The van der Waals surface area contributed by atoms with Crippen molar-refractivity contribution >= 4 is 15.9 Å². The number of nitrogens with zero attached hydrogens (tertiary/aromatic N) is 1. The average molecular weight is 318 g/mol. The summed E-state index contributed by atoms with van der Waals surface area (Å²) in [4.78, 5) is 2.16. The summed E-state index contributed by atoms with van der Waals surface area (Å²) >= 11 is 3.35. The summed E-state index contributed by atoms with van der Waals surface area (Å²) in [7, 11) is 2.01. The molecule has 0 spiro atoms. The van der Waals surface area contributed by atoms with Crippen molar-refractivity contribution in [1.29, 1.82) is 0 Å². The van der Waals surface area contributed by atoms with E-state index in [0.29, 0.717) is 12.8 Å². The number of likely N-dealkylation sites (N-methyl/N-ethyl adjacent to an activating group) is 1. The van der Waals surface area contributed by atoms with Gasteiger partial charge in [-0.2, -0.15) is 0 Å². The molecule has 1 N–H and O–H groups in total. The lowest BCUT2D eigenvalue weighted by molar-refractivity contribution is 0.117. The smallest absolute Gasteiger partial charge is 0.126 e. The Morgan fingerprint density at radius 1 is 1.39 bits per heavy atom. The number of aliphatic hydroxyl groups excluding tert-OH is 1. The first kappa shape index (κ1) is 15.6. The van der Waals surface area contributed by atoms with Crippen LogP contribution in [0.15, 0.2) is 22.7 Å². The van der Waals surface area contributed by atoms with Gasteiger partial charge in [-0.3, -0.25) is 0 Å². The van der Waals surface area contributed by atoms with Gasteiger partial charge in [0.1, 0.15) is 5.82 Å². The lowest BCUT2D eigenvalue weighted by Crippen LogP contribution is -2.42. The molecule has 0 aliphatic carbocycles. The monoisotopic (exact) mass is 317 g/mol. The third-order valence-electron chi connectivity index (χ3n) is 3.48. The average Bonchev–Trinajstić information content (AvgIpc) is 2.29. The summed E-state index contributed by atoms with van der Waals surface area (Å²) in [5, 5.41) is 9.02. The van der Waals surface area contributed by atoms with E-state index < -0.39 is 0 Å². The first-order valence-corrected chi connectivity index (χ1v) is 6.92. The van der Waals surface area contributed by atoms with Crippen molar-refractivity contribution in [3.63, 3.8) is 0 Å². The predicted molar refractivity (Wildman–Crippen MR) is 76.2 cm³/mol. The minimum atomic E-state index is -0.161. The molecule has 1 aromatic rings. The minimum absolute atomic E-state index is 0.0722. The molecule has 102 valence electrons. The molecule has 0 atom stereocenters. The lowest BCUT2D eigenvalue weighted by atomic mass is 9.98. The second-order valence-corrected chi connectivity index (χ2v) is 6.11. The van der Waals surface area contributed by atoms with E-state index in [4.69, 9.17) is 5.11 Å². The summed E-state index contributed by atoms with van der Waals surface area (Å²) in [6.45, 7) is 5.10. The molecule has 18 heavy (non-hydrogen) atoms. The van der Waals surface area contributed by atoms with E-state index in [9.17, 15) is 4.39 Å². The van der Waals surface area contributed by atoms with Gasteiger partial charge < -0.3 is 10.0 Å². The second kappa shape index (κ2) is 6.64. The van der Waals surface area contributed by atoms with E-state index in [0.717, 1.165) is 16.6 Å². The second-order valence-electron chi connectivity index (χ2n) is 5.19. The van der Waals surface area contributed by atoms with Crippen molar-refractivity contribution in [2.75, 3.05) is 20.2 Å². The molecule has 0 aromatic heterocycles. The van der Waals surface area contributed by atoms with Gasteiger partial charge in [0.05, 0.1) is 0 Å². The van der Waals surface area contributed by atoms with E-state index >= 15 is 0 Å². The Morgan fingerprint density at radius 2 is 2.06 bits per heavy atom. The molecule has 0 saturated heterocycles. The van der Waals surface area contributed by atoms with Crippen LogP contribution in [0.3, 0.4) is 0 Å². The van der Waals surface area contributed by atoms with Crippen LogP contribution in [0.1, 0.15) is 25.8 Å². The quantitative estimate of drug-likeness (QED) is 0.870. The summed E-state index contributed by atoms with van der Waals surface area (Å²) in [6, 6.07) is 5.01. The Kier molecular flexibility index (Phi) is 5.76. The molecule has 1 rings (SSSR count). The third kappa shape index (κ3) is 4.34. The molecule has 4 heteroatoms. The first-order valence-electron chi connectivity index (χ1n) is 6.13. The molecule has 0 bridgehead atoms. The Bertz CT molecular complexity index is 395. The van der Waals surface area contributed by atoms with Gasteiger partial charge in [-0.25, -0.2) is 4.39 Å². The minimum Gasteiger partial charge on any atom is -0.396 e. The zero-order chi connectivity index (χ0) is 13.8. The topological polar surface area (TPSA) is 23.5 Å². The highest BCUT2D eigenvalue weighted by molar-refractivity contribution is 9.10. The van der Waals surface area contributed by atoms with Crippen LogP contribution >= 0.6 is 15.9 Å².